The Kier molecular flexibility index (Phi) is 5.44. The Bertz CT molecular complexity index is 1430. The van der Waals surface area contributed by atoms with Crippen LogP contribution in [0.2, 0.25) is 0 Å². The minimum atomic E-state index is -0.0232. The van der Waals surface area contributed by atoms with Crippen molar-refractivity contribution in [3.05, 3.63) is 94.4 Å². The molecule has 0 unspecified atom stereocenters. The van der Waals surface area contributed by atoms with Gasteiger partial charge in [0.15, 0.2) is 5.16 Å². The molecule has 0 fully saturated rings. The van der Waals surface area contributed by atoms with Crippen molar-refractivity contribution >= 4 is 43.5 Å². The highest BCUT2D eigenvalue weighted by molar-refractivity contribution is 7.98. The minimum absolute atomic E-state index is 0.0232. The number of benzene rings is 2. The molecule has 5 nitrogen and oxygen atoms in total. The molecule has 0 saturated heterocycles. The summed E-state index contributed by atoms with van der Waals surface area (Å²) in [7, 11) is 1.66. The zero-order valence-electron chi connectivity index (χ0n) is 16.8. The molecule has 0 bridgehead atoms. The first-order valence-corrected chi connectivity index (χ1v) is 11.6. The van der Waals surface area contributed by atoms with Crippen LogP contribution in [0.5, 0.6) is 5.75 Å². The lowest BCUT2D eigenvalue weighted by molar-refractivity contribution is 0.414. The van der Waals surface area contributed by atoms with Crippen molar-refractivity contribution in [2.75, 3.05) is 7.11 Å². The first kappa shape index (κ1) is 19.8. The number of thioether (sulfide) groups is 1. The molecule has 5 rings (SSSR count). The van der Waals surface area contributed by atoms with Crippen LogP contribution in [0.25, 0.3) is 20.4 Å². The molecule has 31 heavy (non-hydrogen) atoms. The van der Waals surface area contributed by atoms with E-state index in [1.807, 2.05) is 60.7 Å². The Labute approximate surface area is 187 Å². The molecule has 0 N–H and O–H groups in total. The van der Waals surface area contributed by atoms with Gasteiger partial charge in [-0.3, -0.25) is 9.36 Å². The van der Waals surface area contributed by atoms with Crippen LogP contribution in [0.15, 0.2) is 82.9 Å². The van der Waals surface area contributed by atoms with Gasteiger partial charge < -0.3 is 4.74 Å². The third kappa shape index (κ3) is 3.94. The van der Waals surface area contributed by atoms with Crippen LogP contribution < -0.4 is 10.3 Å². The fourth-order valence-corrected chi connectivity index (χ4v) is 5.43. The molecule has 0 spiro atoms. The molecule has 0 aliphatic carbocycles. The second-order valence-electron chi connectivity index (χ2n) is 7.05. The monoisotopic (exact) mass is 445 g/mol. The molecule has 0 aliphatic rings. The van der Waals surface area contributed by atoms with Crippen LogP contribution in [0.3, 0.4) is 0 Å². The predicted octanol–water partition coefficient (Wildman–Crippen LogP) is 5.36. The maximum absolute atomic E-state index is 13.5. The zero-order chi connectivity index (χ0) is 21.2. The summed E-state index contributed by atoms with van der Waals surface area (Å²) in [6.07, 6.45) is 1.75. The van der Waals surface area contributed by atoms with Crippen molar-refractivity contribution < 1.29 is 4.74 Å². The third-order valence-corrected chi connectivity index (χ3v) is 7.14. The number of rotatable bonds is 6. The molecule has 0 aliphatic heterocycles. The summed E-state index contributed by atoms with van der Waals surface area (Å²) in [6, 6.07) is 21.8. The average molecular weight is 446 g/mol. The number of aromatic nitrogens is 3. The molecule has 3 aromatic heterocycles. The van der Waals surface area contributed by atoms with E-state index in [0.29, 0.717) is 22.2 Å². The first-order valence-electron chi connectivity index (χ1n) is 9.80. The van der Waals surface area contributed by atoms with Crippen LogP contribution in [-0.4, -0.2) is 21.6 Å². The number of thiophene rings is 1. The highest BCUT2D eigenvalue weighted by Gasteiger charge is 2.17. The summed E-state index contributed by atoms with van der Waals surface area (Å²) in [5, 5.41) is 1.63. The molecular formula is C24H19N3O2S2. The van der Waals surface area contributed by atoms with Crippen LogP contribution in [0, 0.1) is 0 Å². The van der Waals surface area contributed by atoms with Crippen molar-refractivity contribution in [1.29, 1.82) is 0 Å². The van der Waals surface area contributed by atoms with Crippen LogP contribution in [-0.2, 0) is 12.3 Å². The maximum Gasteiger partial charge on any atom is 0.272 e. The average Bonchev–Trinajstić information content (AvgIpc) is 3.19. The van der Waals surface area contributed by atoms with Gasteiger partial charge in [0.1, 0.15) is 15.3 Å². The van der Waals surface area contributed by atoms with E-state index in [0.717, 1.165) is 32.6 Å². The van der Waals surface area contributed by atoms with Gasteiger partial charge in [-0.05, 0) is 35.4 Å². The van der Waals surface area contributed by atoms with Crippen LogP contribution in [0.1, 0.15) is 11.1 Å². The summed E-state index contributed by atoms with van der Waals surface area (Å²) in [5.41, 5.74) is 2.88. The molecular weight excluding hydrogens is 426 g/mol. The maximum atomic E-state index is 13.5. The standard InChI is InChI=1S/C24H19N3O2S2/c1-29-18-10-5-9-17(13-18)15-30-24-26-20-19-11-6-12-25-22(19)31-21(20)23(28)27(24)14-16-7-3-2-4-8-16/h2-13H,14-15H2,1H3. The van der Waals surface area contributed by atoms with E-state index in [1.54, 1.807) is 29.6 Å². The summed E-state index contributed by atoms with van der Waals surface area (Å²) >= 11 is 2.97. The minimum Gasteiger partial charge on any atom is -0.497 e. The fourth-order valence-electron chi connectivity index (χ4n) is 3.47. The SMILES string of the molecule is COc1cccc(CSc2nc3c(sc4ncccc43)c(=O)n2Cc2ccccc2)c1. The normalized spacial score (nSPS) is 11.3. The lowest BCUT2D eigenvalue weighted by atomic mass is 10.2. The number of nitrogens with zero attached hydrogens (tertiary/aromatic N) is 3. The second kappa shape index (κ2) is 8.53. The molecule has 154 valence electrons. The van der Waals surface area contributed by atoms with E-state index in [9.17, 15) is 4.79 Å². The Morgan fingerprint density at radius 2 is 1.87 bits per heavy atom. The number of hydrogen-bond donors (Lipinski definition) is 0. The van der Waals surface area contributed by atoms with E-state index in [1.165, 1.54) is 11.3 Å². The van der Waals surface area contributed by atoms with E-state index in [-0.39, 0.29) is 5.56 Å². The largest absolute Gasteiger partial charge is 0.497 e. The summed E-state index contributed by atoms with van der Waals surface area (Å²) in [6.45, 7) is 0.477. The number of hydrogen-bond acceptors (Lipinski definition) is 6. The van der Waals surface area contributed by atoms with Crippen molar-refractivity contribution in [2.45, 2.75) is 17.5 Å². The molecule has 2 aromatic carbocycles. The lowest BCUT2D eigenvalue weighted by Crippen LogP contribution is -2.23. The molecule has 7 heteroatoms. The van der Waals surface area contributed by atoms with Crippen molar-refractivity contribution in [2.24, 2.45) is 0 Å². The van der Waals surface area contributed by atoms with E-state index in [4.69, 9.17) is 9.72 Å². The quantitative estimate of drug-likeness (QED) is 0.260. The van der Waals surface area contributed by atoms with Gasteiger partial charge in [0.2, 0.25) is 0 Å². The van der Waals surface area contributed by atoms with Crippen molar-refractivity contribution in [3.63, 3.8) is 0 Å². The predicted molar refractivity (Wildman–Crippen MR) is 127 cm³/mol. The third-order valence-electron chi connectivity index (χ3n) is 5.00. The van der Waals surface area contributed by atoms with Gasteiger partial charge in [0.25, 0.3) is 5.56 Å². The molecule has 0 saturated carbocycles. The van der Waals surface area contributed by atoms with Gasteiger partial charge in [-0.15, -0.1) is 11.3 Å². The van der Waals surface area contributed by atoms with E-state index >= 15 is 0 Å². The molecule has 5 aromatic rings. The molecule has 0 radical (unpaired) electrons. The summed E-state index contributed by atoms with van der Waals surface area (Å²) in [5.74, 6) is 1.50. The highest BCUT2D eigenvalue weighted by atomic mass is 32.2. The van der Waals surface area contributed by atoms with Gasteiger partial charge in [-0.2, -0.15) is 0 Å². The molecule has 0 amide bonds. The topological polar surface area (TPSA) is 57.0 Å². The summed E-state index contributed by atoms with van der Waals surface area (Å²) in [4.78, 5) is 23.7. The van der Waals surface area contributed by atoms with E-state index in [2.05, 4.69) is 11.1 Å². The van der Waals surface area contributed by atoms with Gasteiger partial charge in [-0.25, -0.2) is 9.97 Å². The van der Waals surface area contributed by atoms with Gasteiger partial charge in [-0.1, -0.05) is 54.2 Å². The zero-order valence-corrected chi connectivity index (χ0v) is 18.5. The second-order valence-corrected chi connectivity index (χ2v) is 8.99. The number of ether oxygens (including phenoxy) is 1. The Morgan fingerprint density at radius 1 is 1.03 bits per heavy atom. The van der Waals surface area contributed by atoms with Gasteiger partial charge in [0, 0.05) is 17.3 Å². The van der Waals surface area contributed by atoms with Crippen LogP contribution >= 0.6 is 23.1 Å². The molecule has 0 atom stereocenters. The lowest BCUT2D eigenvalue weighted by Gasteiger charge is -2.12. The number of pyridine rings is 1. The number of fused-ring (bicyclic) bond motifs is 3. The van der Waals surface area contributed by atoms with Gasteiger partial charge in [0.05, 0.1) is 19.2 Å². The Balaban J connectivity index is 1.61. The highest BCUT2D eigenvalue weighted by Crippen LogP contribution is 2.31. The Hall–Kier alpha value is -3.16. The van der Waals surface area contributed by atoms with Crippen LogP contribution in [0.4, 0.5) is 0 Å². The Morgan fingerprint density at radius 3 is 2.71 bits per heavy atom. The smallest absolute Gasteiger partial charge is 0.272 e. The summed E-state index contributed by atoms with van der Waals surface area (Å²) < 4.78 is 7.76. The number of methoxy groups -OCH3 is 1. The van der Waals surface area contributed by atoms with Crippen molar-refractivity contribution in [1.82, 2.24) is 14.5 Å². The fraction of sp³-hybridized carbons (Fsp3) is 0.125. The van der Waals surface area contributed by atoms with E-state index < -0.39 is 0 Å². The first-order chi connectivity index (χ1) is 15.2. The van der Waals surface area contributed by atoms with Gasteiger partial charge >= 0.3 is 0 Å². The molecule has 3 heterocycles. The van der Waals surface area contributed by atoms with Crippen molar-refractivity contribution in [3.8, 4) is 5.75 Å².